The minimum Gasteiger partial charge on any atom is -0.505 e. The van der Waals surface area contributed by atoms with Crippen molar-refractivity contribution >= 4 is 28.7 Å². The summed E-state index contributed by atoms with van der Waals surface area (Å²) >= 11 is 0. The first-order chi connectivity index (χ1) is 16.3. The second-order valence-corrected chi connectivity index (χ2v) is 8.32. The van der Waals surface area contributed by atoms with E-state index < -0.39 is 5.97 Å². The van der Waals surface area contributed by atoms with Gasteiger partial charge in [-0.25, -0.2) is 9.18 Å². The van der Waals surface area contributed by atoms with Crippen LogP contribution in [0, 0.1) is 11.7 Å². The Morgan fingerprint density at radius 2 is 1.79 bits per heavy atom. The highest BCUT2D eigenvalue weighted by atomic mass is 19.1. The lowest BCUT2D eigenvalue weighted by Gasteiger charge is -2.31. The summed E-state index contributed by atoms with van der Waals surface area (Å²) in [7, 11) is 1.18. The van der Waals surface area contributed by atoms with Crippen LogP contribution in [0.3, 0.4) is 0 Å². The number of nitrogens with zero attached hydrogens (tertiary/aromatic N) is 2. The van der Waals surface area contributed by atoms with Crippen LogP contribution < -0.4 is 5.73 Å². The number of likely N-dealkylation sites (tertiary alicyclic amines) is 1. The molecule has 2 heterocycles. The number of amides is 2. The second kappa shape index (κ2) is 9.46. The van der Waals surface area contributed by atoms with E-state index in [2.05, 4.69) is 4.98 Å². The molecule has 8 nitrogen and oxygen atoms in total. The van der Waals surface area contributed by atoms with E-state index in [-0.39, 0.29) is 45.9 Å². The number of benzene rings is 2. The molecule has 0 spiro atoms. The number of carbonyl (C=O) groups is 3. The lowest BCUT2D eigenvalue weighted by atomic mass is 9.94. The van der Waals surface area contributed by atoms with Gasteiger partial charge in [-0.2, -0.15) is 0 Å². The van der Waals surface area contributed by atoms with E-state index in [1.807, 2.05) is 0 Å². The summed E-state index contributed by atoms with van der Waals surface area (Å²) in [5.74, 6) is -2.52. The van der Waals surface area contributed by atoms with Crippen molar-refractivity contribution in [3.8, 4) is 5.75 Å². The predicted octanol–water partition coefficient (Wildman–Crippen LogP) is 2.79. The quantitative estimate of drug-likeness (QED) is 0.559. The molecule has 1 aliphatic rings. The molecule has 0 saturated carbocycles. The fourth-order valence-corrected chi connectivity index (χ4v) is 4.23. The number of phenols is 1. The molecule has 1 fully saturated rings. The molecule has 176 valence electrons. The van der Waals surface area contributed by atoms with Crippen molar-refractivity contribution in [2.75, 3.05) is 20.2 Å². The molecule has 3 aromatic rings. The summed E-state index contributed by atoms with van der Waals surface area (Å²) in [5.41, 5.74) is 7.11. The number of hydrogen-bond acceptors (Lipinski definition) is 6. The summed E-state index contributed by atoms with van der Waals surface area (Å²) in [6, 6.07) is 9.09. The fourth-order valence-electron chi connectivity index (χ4n) is 4.23. The molecule has 9 heteroatoms. The number of piperidine rings is 1. The van der Waals surface area contributed by atoms with Crippen LogP contribution in [0.4, 0.5) is 4.39 Å². The van der Waals surface area contributed by atoms with Crippen molar-refractivity contribution in [1.82, 2.24) is 9.88 Å². The van der Waals surface area contributed by atoms with Crippen LogP contribution in [0.15, 0.2) is 42.6 Å². The zero-order valence-corrected chi connectivity index (χ0v) is 18.6. The lowest BCUT2D eigenvalue weighted by molar-refractivity contribution is -0.123. The Hall–Kier alpha value is -4.01. The number of phenolic OH excluding ortho intramolecular Hbond substituents is 1. The molecule has 0 aliphatic carbocycles. The predicted molar refractivity (Wildman–Crippen MR) is 122 cm³/mol. The van der Waals surface area contributed by atoms with E-state index in [9.17, 15) is 23.9 Å². The average Bonchev–Trinajstić information content (AvgIpc) is 2.85. The average molecular weight is 465 g/mol. The third-order valence-electron chi connectivity index (χ3n) is 6.14. The third-order valence-corrected chi connectivity index (χ3v) is 6.14. The highest BCUT2D eigenvalue weighted by molar-refractivity contribution is 6.11. The number of esters is 1. The Labute approximate surface area is 195 Å². The number of methoxy groups -OCH3 is 1. The Morgan fingerprint density at radius 1 is 1.12 bits per heavy atom. The Bertz CT molecular complexity index is 1270. The van der Waals surface area contributed by atoms with Crippen molar-refractivity contribution < 1.29 is 28.6 Å². The van der Waals surface area contributed by atoms with Gasteiger partial charge in [0.25, 0.3) is 5.91 Å². The van der Waals surface area contributed by atoms with Gasteiger partial charge in [0.15, 0.2) is 5.75 Å². The van der Waals surface area contributed by atoms with E-state index in [0.717, 1.165) is 11.1 Å². The number of halogens is 1. The van der Waals surface area contributed by atoms with Crippen molar-refractivity contribution in [1.29, 1.82) is 0 Å². The molecular weight excluding hydrogens is 441 g/mol. The van der Waals surface area contributed by atoms with E-state index >= 15 is 0 Å². The third kappa shape index (κ3) is 4.54. The molecule has 1 aromatic heterocycles. The van der Waals surface area contributed by atoms with Gasteiger partial charge < -0.3 is 20.5 Å². The van der Waals surface area contributed by atoms with E-state index in [1.165, 1.54) is 25.3 Å². The van der Waals surface area contributed by atoms with E-state index in [4.69, 9.17) is 10.5 Å². The number of primary amides is 1. The van der Waals surface area contributed by atoms with Gasteiger partial charge in [-0.3, -0.25) is 14.6 Å². The number of aromatic hydroxyl groups is 1. The maximum atomic E-state index is 13.5. The van der Waals surface area contributed by atoms with Crippen molar-refractivity contribution in [2.45, 2.75) is 19.3 Å². The number of aromatic nitrogens is 1. The lowest BCUT2D eigenvalue weighted by Crippen LogP contribution is -2.41. The first-order valence-electron chi connectivity index (χ1n) is 10.8. The second-order valence-electron chi connectivity index (χ2n) is 8.32. The van der Waals surface area contributed by atoms with Crippen LogP contribution >= 0.6 is 0 Å². The summed E-state index contributed by atoms with van der Waals surface area (Å²) in [4.78, 5) is 43.2. The summed E-state index contributed by atoms with van der Waals surface area (Å²) < 4.78 is 18.0. The fraction of sp³-hybridized carbons (Fsp3) is 0.280. The summed E-state index contributed by atoms with van der Waals surface area (Å²) in [5, 5.41) is 11.1. The molecule has 0 bridgehead atoms. The number of nitrogens with two attached hydrogens (primary N) is 1. The maximum absolute atomic E-state index is 13.5. The molecule has 34 heavy (non-hydrogen) atoms. The van der Waals surface area contributed by atoms with Gasteiger partial charge in [0.2, 0.25) is 5.91 Å². The van der Waals surface area contributed by atoms with Crippen LogP contribution in [0.25, 0.3) is 10.9 Å². The normalized spacial score (nSPS) is 14.2. The maximum Gasteiger partial charge on any atom is 0.341 e. The van der Waals surface area contributed by atoms with Gasteiger partial charge in [-0.1, -0.05) is 12.1 Å². The van der Waals surface area contributed by atoms with Gasteiger partial charge in [0.05, 0.1) is 12.7 Å². The molecule has 1 aliphatic heterocycles. The molecule has 0 radical (unpaired) electrons. The zero-order valence-electron chi connectivity index (χ0n) is 18.6. The monoisotopic (exact) mass is 465 g/mol. The van der Waals surface area contributed by atoms with Gasteiger partial charge >= 0.3 is 5.97 Å². The minimum absolute atomic E-state index is 0.0983. The largest absolute Gasteiger partial charge is 0.505 e. The highest BCUT2D eigenvalue weighted by Crippen LogP contribution is 2.33. The van der Waals surface area contributed by atoms with Crippen molar-refractivity contribution in [3.05, 3.63) is 70.7 Å². The number of rotatable bonds is 5. The standard InChI is InChI=1S/C25H24FN3O5/c1-34-25(33)20-12-19(24(32)29-8-6-16(7-9-29)23(27)31)18-11-15(13-28-21(18)22(20)30)10-14-2-4-17(26)5-3-14/h2-5,11-13,16,30H,6-10H2,1H3,(H2,27,31). The number of fused-ring (bicyclic) bond motifs is 1. The molecular formula is C25H24FN3O5. The van der Waals surface area contributed by atoms with Gasteiger partial charge in [0.1, 0.15) is 16.9 Å². The molecule has 1 saturated heterocycles. The summed E-state index contributed by atoms with van der Waals surface area (Å²) in [6.45, 7) is 0.677. The molecule has 0 unspecified atom stereocenters. The van der Waals surface area contributed by atoms with Gasteiger partial charge in [0, 0.05) is 30.6 Å². The summed E-state index contributed by atoms with van der Waals surface area (Å²) in [6.07, 6.45) is 2.88. The van der Waals surface area contributed by atoms with Crippen molar-refractivity contribution in [2.24, 2.45) is 11.7 Å². The Balaban J connectivity index is 1.76. The Morgan fingerprint density at radius 3 is 2.41 bits per heavy atom. The number of ether oxygens (including phenoxy) is 1. The van der Waals surface area contributed by atoms with Gasteiger partial charge in [-0.05, 0) is 54.7 Å². The molecule has 3 N–H and O–H groups in total. The zero-order chi connectivity index (χ0) is 24.4. The molecule has 4 rings (SSSR count). The number of hydrogen-bond donors (Lipinski definition) is 2. The molecule has 2 aromatic carbocycles. The Kier molecular flexibility index (Phi) is 6.45. The van der Waals surface area contributed by atoms with Crippen LogP contribution in [0.2, 0.25) is 0 Å². The van der Waals surface area contributed by atoms with Crippen LogP contribution in [0.5, 0.6) is 5.75 Å². The number of pyridine rings is 1. The van der Waals surface area contributed by atoms with E-state index in [1.54, 1.807) is 29.3 Å². The van der Waals surface area contributed by atoms with Crippen LogP contribution in [0.1, 0.15) is 44.7 Å². The first kappa shape index (κ1) is 23.2. The van der Waals surface area contributed by atoms with Crippen molar-refractivity contribution in [3.63, 3.8) is 0 Å². The smallest absolute Gasteiger partial charge is 0.341 e. The highest BCUT2D eigenvalue weighted by Gasteiger charge is 2.29. The molecule has 2 amide bonds. The molecule has 0 atom stereocenters. The minimum atomic E-state index is -0.793. The van der Waals surface area contributed by atoms with Crippen LogP contribution in [-0.2, 0) is 16.0 Å². The first-order valence-corrected chi connectivity index (χ1v) is 10.8. The number of carbonyl (C=O) groups excluding carboxylic acids is 3. The topological polar surface area (TPSA) is 123 Å². The van der Waals surface area contributed by atoms with E-state index in [0.29, 0.717) is 37.7 Å². The van der Waals surface area contributed by atoms with Crippen LogP contribution in [-0.4, -0.2) is 53.0 Å². The van der Waals surface area contributed by atoms with Gasteiger partial charge in [-0.15, -0.1) is 0 Å². The SMILES string of the molecule is COC(=O)c1cc(C(=O)N2CCC(C(N)=O)CC2)c2cc(Cc3ccc(F)cc3)cnc2c1O.